The van der Waals surface area contributed by atoms with Gasteiger partial charge in [0.15, 0.2) is 5.52 Å². The van der Waals surface area contributed by atoms with E-state index in [1.54, 1.807) is 0 Å². The fourth-order valence-corrected chi connectivity index (χ4v) is 3.08. The van der Waals surface area contributed by atoms with Gasteiger partial charge in [0, 0.05) is 24.4 Å². The smallest absolute Gasteiger partial charge is 0.185 e. The van der Waals surface area contributed by atoms with Crippen LogP contribution in [0.2, 0.25) is 0 Å². The van der Waals surface area contributed by atoms with Crippen molar-refractivity contribution in [2.75, 3.05) is 0 Å². The molecule has 0 heterocycles. The van der Waals surface area contributed by atoms with Crippen molar-refractivity contribution >= 4 is 38.3 Å². The summed E-state index contributed by atoms with van der Waals surface area (Å²) in [5.74, 6) is 0. The monoisotopic (exact) mass is 297 g/mol. The van der Waals surface area contributed by atoms with Crippen molar-refractivity contribution in [2.24, 2.45) is 0 Å². The van der Waals surface area contributed by atoms with Crippen molar-refractivity contribution in [1.29, 1.82) is 0 Å². The molecule has 1 unspecified atom stereocenters. The zero-order valence-corrected chi connectivity index (χ0v) is 13.5. The van der Waals surface area contributed by atoms with Crippen LogP contribution in [0.15, 0.2) is 84.9 Å². The van der Waals surface area contributed by atoms with Gasteiger partial charge < -0.3 is 0 Å². The van der Waals surface area contributed by atoms with Gasteiger partial charge in [0.1, 0.15) is 0 Å². The van der Waals surface area contributed by atoms with Gasteiger partial charge in [-0.1, -0.05) is 84.9 Å². The molecule has 0 bridgehead atoms. The summed E-state index contributed by atoms with van der Waals surface area (Å²) in [6, 6.07) is 28.0. The number of hydrogen-bond donors (Lipinski definition) is 0. The molecule has 0 saturated carbocycles. The molecule has 0 aliphatic heterocycles. The van der Waals surface area contributed by atoms with Gasteiger partial charge in [-0.15, -0.1) is 0 Å². The molecule has 0 saturated heterocycles. The predicted molar refractivity (Wildman–Crippen MR) is 96.4 cm³/mol. The number of carbonyl (C=O) groups excluding carboxylic acids is 1. The van der Waals surface area contributed by atoms with Crippen LogP contribution in [0, 0.1) is 0 Å². The zero-order valence-electron chi connectivity index (χ0n) is 12.5. The topological polar surface area (TPSA) is 17.1 Å². The molecule has 0 amide bonds. The maximum Gasteiger partial charge on any atom is 0.185 e. The van der Waals surface area contributed by atoms with Crippen molar-refractivity contribution < 1.29 is 4.79 Å². The molecule has 0 spiro atoms. The predicted octanol–water partition coefficient (Wildman–Crippen LogP) is 4.12. The quantitative estimate of drug-likeness (QED) is 0.523. The molecule has 3 aromatic rings. The maximum atomic E-state index is 12.2. The summed E-state index contributed by atoms with van der Waals surface area (Å²) in [7, 11) is 0.171. The Bertz CT molecular complexity index is 724. The van der Waals surface area contributed by atoms with Gasteiger partial charge in [-0.05, 0) is 25.0 Å². The third kappa shape index (κ3) is 4.18. The van der Waals surface area contributed by atoms with Crippen LogP contribution in [0.1, 0.15) is 10.4 Å². The van der Waals surface area contributed by atoms with E-state index in [2.05, 4.69) is 24.3 Å². The Morgan fingerprint density at radius 3 is 1.73 bits per heavy atom. The third-order valence-electron chi connectivity index (χ3n) is 3.29. The molecule has 1 atom stereocenters. The third-order valence-corrected chi connectivity index (χ3v) is 4.42. The number of carbonyl (C=O) groups is 1. The van der Waals surface area contributed by atoms with Crippen LogP contribution in [0.25, 0.3) is 11.1 Å². The SMILES string of the molecule is O=C(Pc1ccc(-c2ccccc2)cc1)c1ccccc1.[Li]. The van der Waals surface area contributed by atoms with E-state index in [0.717, 1.165) is 10.9 Å². The van der Waals surface area contributed by atoms with Crippen molar-refractivity contribution in [3.63, 3.8) is 0 Å². The van der Waals surface area contributed by atoms with E-state index >= 15 is 0 Å². The van der Waals surface area contributed by atoms with Crippen molar-refractivity contribution in [1.82, 2.24) is 0 Å². The molecule has 1 radical (unpaired) electrons. The average molecular weight is 297 g/mol. The minimum Gasteiger partial charge on any atom is -0.289 e. The van der Waals surface area contributed by atoms with Gasteiger partial charge in [-0.25, -0.2) is 0 Å². The first-order chi connectivity index (χ1) is 10.3. The summed E-state index contributed by atoms with van der Waals surface area (Å²) in [5.41, 5.74) is 3.34. The van der Waals surface area contributed by atoms with E-state index < -0.39 is 0 Å². The molecule has 0 aromatic heterocycles. The van der Waals surface area contributed by atoms with Crippen LogP contribution >= 0.6 is 8.58 Å². The second-order valence-corrected chi connectivity index (χ2v) is 6.04. The molecular weight excluding hydrogens is 282 g/mol. The van der Waals surface area contributed by atoms with Gasteiger partial charge in [-0.2, -0.15) is 0 Å². The normalized spacial score (nSPS) is 10.4. The Kier molecular flexibility index (Phi) is 6.17. The Balaban J connectivity index is 0.00000176. The molecule has 0 aliphatic carbocycles. The number of hydrogen-bond acceptors (Lipinski definition) is 1. The van der Waals surface area contributed by atoms with Crippen LogP contribution in [0.3, 0.4) is 0 Å². The van der Waals surface area contributed by atoms with Crippen molar-refractivity contribution in [3.05, 3.63) is 90.5 Å². The van der Waals surface area contributed by atoms with Crippen LogP contribution in [-0.4, -0.2) is 24.4 Å². The van der Waals surface area contributed by atoms with E-state index in [0.29, 0.717) is 0 Å². The van der Waals surface area contributed by atoms with Crippen molar-refractivity contribution in [3.8, 4) is 11.1 Å². The summed E-state index contributed by atoms with van der Waals surface area (Å²) in [5, 5.41) is 1.07. The van der Waals surface area contributed by atoms with E-state index in [-0.39, 0.29) is 33.0 Å². The number of rotatable bonds is 4. The second-order valence-electron chi connectivity index (χ2n) is 4.76. The van der Waals surface area contributed by atoms with Crippen LogP contribution < -0.4 is 5.30 Å². The molecule has 3 rings (SSSR count). The van der Waals surface area contributed by atoms with E-state index in [1.165, 1.54) is 11.1 Å². The first-order valence-corrected chi connectivity index (χ1v) is 7.85. The Labute approximate surface area is 144 Å². The minimum absolute atomic E-state index is 0. The molecule has 3 heteroatoms. The molecule has 1 nitrogen and oxygen atoms in total. The van der Waals surface area contributed by atoms with Gasteiger partial charge in [-0.3, -0.25) is 4.79 Å². The first-order valence-electron chi connectivity index (χ1n) is 6.85. The molecular formula is C19H15LiOP. The Morgan fingerprint density at radius 1 is 0.636 bits per heavy atom. The molecule has 3 aromatic carbocycles. The summed E-state index contributed by atoms with van der Waals surface area (Å²) in [6.45, 7) is 0. The second kappa shape index (κ2) is 8.11. The minimum atomic E-state index is 0. The van der Waals surface area contributed by atoms with Crippen LogP contribution in [0.5, 0.6) is 0 Å². The first kappa shape index (κ1) is 16.7. The largest absolute Gasteiger partial charge is 0.289 e. The number of benzene rings is 3. The fourth-order valence-electron chi connectivity index (χ4n) is 2.17. The molecule has 0 aliphatic rings. The van der Waals surface area contributed by atoms with E-state index in [4.69, 9.17) is 0 Å². The Morgan fingerprint density at radius 2 is 1.14 bits per heavy atom. The fraction of sp³-hybridized carbons (Fsp3) is 0. The van der Waals surface area contributed by atoms with Gasteiger partial charge in [0.05, 0.1) is 0 Å². The maximum absolute atomic E-state index is 12.2. The molecule has 103 valence electrons. The van der Waals surface area contributed by atoms with E-state index in [9.17, 15) is 4.79 Å². The van der Waals surface area contributed by atoms with Crippen molar-refractivity contribution in [2.45, 2.75) is 0 Å². The van der Waals surface area contributed by atoms with Gasteiger partial charge in [0.25, 0.3) is 0 Å². The van der Waals surface area contributed by atoms with Crippen LogP contribution in [-0.2, 0) is 0 Å². The summed E-state index contributed by atoms with van der Waals surface area (Å²) in [4.78, 5) is 12.2. The molecule has 0 N–H and O–H groups in total. The van der Waals surface area contributed by atoms with Gasteiger partial charge in [0.2, 0.25) is 0 Å². The Hall–Kier alpha value is -1.64. The average Bonchev–Trinajstić information content (AvgIpc) is 2.57. The molecule has 22 heavy (non-hydrogen) atoms. The van der Waals surface area contributed by atoms with E-state index in [1.807, 2.05) is 60.7 Å². The molecule has 0 fully saturated rings. The standard InChI is InChI=1S/C19H15OP.Li/c20-19(17-9-5-2-6-10-17)21-18-13-11-16(12-14-18)15-7-3-1-4-8-15;/h1-14,21H;. The van der Waals surface area contributed by atoms with Crippen LogP contribution in [0.4, 0.5) is 0 Å². The summed E-state index contributed by atoms with van der Waals surface area (Å²) in [6.07, 6.45) is 0. The zero-order chi connectivity index (χ0) is 14.5. The van der Waals surface area contributed by atoms with Gasteiger partial charge >= 0.3 is 0 Å². The summed E-state index contributed by atoms with van der Waals surface area (Å²) >= 11 is 0. The summed E-state index contributed by atoms with van der Waals surface area (Å²) < 4.78 is 0.